The molecule has 0 unspecified atom stereocenters. The van der Waals surface area contributed by atoms with E-state index in [0.29, 0.717) is 6.42 Å². The van der Waals surface area contributed by atoms with E-state index in [1.807, 2.05) is 54.6 Å². The van der Waals surface area contributed by atoms with Gasteiger partial charge in [0.05, 0.1) is 6.21 Å². The third-order valence-electron chi connectivity index (χ3n) is 2.78. The van der Waals surface area contributed by atoms with Crippen molar-refractivity contribution in [2.75, 3.05) is 0 Å². The Labute approximate surface area is 126 Å². The molecular weight excluding hydrogens is 316 g/mol. The van der Waals surface area contributed by atoms with Crippen molar-refractivity contribution in [1.82, 2.24) is 5.43 Å². The van der Waals surface area contributed by atoms with Crippen LogP contribution < -0.4 is 5.43 Å². The number of hydrogen-bond donors (Lipinski definition) is 1. The number of carbonyl (C=O) groups is 1. The van der Waals surface area contributed by atoms with E-state index in [2.05, 4.69) is 26.5 Å². The fourth-order valence-corrected chi connectivity index (χ4v) is 2.10. The molecule has 0 saturated heterocycles. The van der Waals surface area contributed by atoms with Crippen molar-refractivity contribution in [2.24, 2.45) is 5.10 Å². The minimum atomic E-state index is -0.0860. The van der Waals surface area contributed by atoms with Crippen LogP contribution >= 0.6 is 15.9 Å². The first kappa shape index (κ1) is 14.5. The van der Waals surface area contributed by atoms with E-state index >= 15 is 0 Å². The summed E-state index contributed by atoms with van der Waals surface area (Å²) in [6, 6.07) is 17.6. The summed E-state index contributed by atoms with van der Waals surface area (Å²) >= 11 is 3.42. The summed E-state index contributed by atoms with van der Waals surface area (Å²) in [6.07, 6.45) is 2.78. The van der Waals surface area contributed by atoms with E-state index in [-0.39, 0.29) is 5.91 Å². The molecule has 0 fully saturated rings. The number of hydrogen-bond acceptors (Lipinski definition) is 2. The minimum Gasteiger partial charge on any atom is -0.273 e. The second-order valence-corrected chi connectivity index (χ2v) is 5.15. The van der Waals surface area contributed by atoms with Gasteiger partial charge in [-0.05, 0) is 18.1 Å². The highest BCUT2D eigenvalue weighted by Gasteiger charge is 2.00. The lowest BCUT2D eigenvalue weighted by Gasteiger charge is -2.01. The van der Waals surface area contributed by atoms with E-state index in [9.17, 15) is 4.79 Å². The fourth-order valence-electron chi connectivity index (χ4n) is 1.71. The topological polar surface area (TPSA) is 41.5 Å². The predicted molar refractivity (Wildman–Crippen MR) is 84.6 cm³/mol. The van der Waals surface area contributed by atoms with Gasteiger partial charge in [-0.2, -0.15) is 5.10 Å². The highest BCUT2D eigenvalue weighted by molar-refractivity contribution is 9.10. The lowest BCUT2D eigenvalue weighted by molar-refractivity contribution is -0.121. The summed E-state index contributed by atoms with van der Waals surface area (Å²) in [4.78, 5) is 11.7. The third-order valence-corrected chi connectivity index (χ3v) is 3.50. The maximum absolute atomic E-state index is 11.7. The number of rotatable bonds is 5. The molecule has 2 aromatic rings. The van der Waals surface area contributed by atoms with E-state index in [4.69, 9.17) is 0 Å². The van der Waals surface area contributed by atoms with Gasteiger partial charge in [0.1, 0.15) is 0 Å². The van der Waals surface area contributed by atoms with Gasteiger partial charge in [-0.1, -0.05) is 64.5 Å². The van der Waals surface area contributed by atoms with Crippen LogP contribution in [0.25, 0.3) is 0 Å². The molecule has 0 bridgehead atoms. The van der Waals surface area contributed by atoms with Crippen LogP contribution in [0.3, 0.4) is 0 Å². The van der Waals surface area contributed by atoms with Gasteiger partial charge < -0.3 is 0 Å². The number of amides is 1. The molecule has 0 saturated carbocycles. The largest absolute Gasteiger partial charge is 0.273 e. The first-order valence-electron chi connectivity index (χ1n) is 6.36. The zero-order valence-electron chi connectivity index (χ0n) is 10.9. The molecule has 0 atom stereocenters. The number of carbonyl (C=O) groups excluding carboxylic acids is 1. The smallest absolute Gasteiger partial charge is 0.240 e. The normalized spacial score (nSPS) is 10.7. The maximum atomic E-state index is 11.7. The van der Waals surface area contributed by atoms with Crippen LogP contribution in [0.2, 0.25) is 0 Å². The van der Waals surface area contributed by atoms with Crippen LogP contribution in [0.4, 0.5) is 0 Å². The van der Waals surface area contributed by atoms with Crippen molar-refractivity contribution in [3.8, 4) is 0 Å². The van der Waals surface area contributed by atoms with Crippen LogP contribution in [0.1, 0.15) is 17.5 Å². The van der Waals surface area contributed by atoms with Crippen molar-refractivity contribution in [3.63, 3.8) is 0 Å². The predicted octanol–water partition coefficient (Wildman–Crippen LogP) is 3.53. The van der Waals surface area contributed by atoms with Crippen LogP contribution in [-0.4, -0.2) is 12.1 Å². The molecule has 1 N–H and O–H groups in total. The highest BCUT2D eigenvalue weighted by Crippen LogP contribution is 2.13. The van der Waals surface area contributed by atoms with Crippen molar-refractivity contribution < 1.29 is 4.79 Å². The van der Waals surface area contributed by atoms with Crippen molar-refractivity contribution >= 4 is 28.1 Å². The highest BCUT2D eigenvalue weighted by atomic mass is 79.9. The third kappa shape index (κ3) is 4.63. The molecule has 102 valence electrons. The first-order valence-corrected chi connectivity index (χ1v) is 7.15. The van der Waals surface area contributed by atoms with Gasteiger partial charge in [0.2, 0.25) is 5.91 Å². The Morgan fingerprint density at radius 1 is 1.10 bits per heavy atom. The Hall–Kier alpha value is -1.94. The number of nitrogens with zero attached hydrogens (tertiary/aromatic N) is 1. The van der Waals surface area contributed by atoms with E-state index in [1.165, 1.54) is 0 Å². The molecule has 0 aromatic heterocycles. The minimum absolute atomic E-state index is 0.0860. The average molecular weight is 331 g/mol. The summed E-state index contributed by atoms with van der Waals surface area (Å²) in [7, 11) is 0. The molecule has 1 amide bonds. The lowest BCUT2D eigenvalue weighted by atomic mass is 10.1. The summed E-state index contributed by atoms with van der Waals surface area (Å²) in [5.74, 6) is -0.0860. The quantitative estimate of drug-likeness (QED) is 0.661. The molecule has 20 heavy (non-hydrogen) atoms. The van der Waals surface area contributed by atoms with Gasteiger partial charge in [0.25, 0.3) is 0 Å². The number of nitrogens with one attached hydrogen (secondary N) is 1. The van der Waals surface area contributed by atoms with Gasteiger partial charge in [-0.3, -0.25) is 4.79 Å². The number of hydrazone groups is 1. The Kier molecular flexibility index (Phi) is 5.50. The molecule has 3 nitrogen and oxygen atoms in total. The molecule has 0 spiro atoms. The second kappa shape index (κ2) is 7.60. The van der Waals surface area contributed by atoms with Gasteiger partial charge in [-0.15, -0.1) is 0 Å². The van der Waals surface area contributed by atoms with Crippen LogP contribution in [0, 0.1) is 0 Å². The Balaban J connectivity index is 1.79. The van der Waals surface area contributed by atoms with Crippen LogP contribution in [0.5, 0.6) is 0 Å². The molecule has 0 aliphatic carbocycles. The zero-order valence-corrected chi connectivity index (χ0v) is 12.5. The molecule has 4 heteroatoms. The zero-order chi connectivity index (χ0) is 14.2. The summed E-state index contributed by atoms with van der Waals surface area (Å²) in [5.41, 5.74) is 4.62. The molecule has 2 rings (SSSR count). The van der Waals surface area contributed by atoms with Crippen LogP contribution in [0.15, 0.2) is 64.2 Å². The lowest BCUT2D eigenvalue weighted by Crippen LogP contribution is -2.17. The SMILES string of the molecule is O=C(CCc1ccccc1)N/N=C/c1ccccc1Br. The molecule has 0 aliphatic heterocycles. The summed E-state index contributed by atoms with van der Waals surface area (Å²) < 4.78 is 0.947. The van der Waals surface area contributed by atoms with Crippen molar-refractivity contribution in [3.05, 3.63) is 70.2 Å². The van der Waals surface area contributed by atoms with Gasteiger partial charge in [0, 0.05) is 16.5 Å². The molecule has 0 aliphatic rings. The standard InChI is InChI=1S/C16H15BrN2O/c17-15-9-5-4-8-14(15)12-18-19-16(20)11-10-13-6-2-1-3-7-13/h1-9,12H,10-11H2,(H,19,20)/b18-12+. The van der Waals surface area contributed by atoms with E-state index in [1.54, 1.807) is 6.21 Å². The first-order chi connectivity index (χ1) is 9.75. The molecule has 2 aromatic carbocycles. The average Bonchev–Trinajstić information content (AvgIpc) is 2.48. The number of halogens is 1. The Morgan fingerprint density at radius 3 is 2.55 bits per heavy atom. The van der Waals surface area contributed by atoms with Gasteiger partial charge >= 0.3 is 0 Å². The maximum Gasteiger partial charge on any atom is 0.240 e. The van der Waals surface area contributed by atoms with E-state index < -0.39 is 0 Å². The van der Waals surface area contributed by atoms with Crippen molar-refractivity contribution in [2.45, 2.75) is 12.8 Å². The fraction of sp³-hybridized carbons (Fsp3) is 0.125. The number of aryl methyl sites for hydroxylation is 1. The van der Waals surface area contributed by atoms with Crippen molar-refractivity contribution in [1.29, 1.82) is 0 Å². The Bertz CT molecular complexity index is 596. The van der Waals surface area contributed by atoms with Gasteiger partial charge in [0.15, 0.2) is 0 Å². The van der Waals surface area contributed by atoms with E-state index in [0.717, 1.165) is 22.0 Å². The Morgan fingerprint density at radius 2 is 1.80 bits per heavy atom. The monoisotopic (exact) mass is 330 g/mol. The molecule has 0 heterocycles. The summed E-state index contributed by atoms with van der Waals surface area (Å²) in [6.45, 7) is 0. The summed E-state index contributed by atoms with van der Waals surface area (Å²) in [5, 5.41) is 3.96. The molecular formula is C16H15BrN2O. The van der Waals surface area contributed by atoms with Gasteiger partial charge in [-0.25, -0.2) is 5.43 Å². The molecule has 0 radical (unpaired) electrons. The van der Waals surface area contributed by atoms with Crippen LogP contribution in [-0.2, 0) is 11.2 Å². The number of benzene rings is 2. The second-order valence-electron chi connectivity index (χ2n) is 4.30.